The number of carbonyl (C=O) groups excluding carboxylic acids is 6. The minimum Gasteiger partial charge on any atom is -0.662 e. The summed E-state index contributed by atoms with van der Waals surface area (Å²) in [7, 11) is 0. The molecule has 19 nitrogen and oxygen atoms in total. The smallest absolute Gasteiger partial charge is 0.662 e. The van der Waals surface area contributed by atoms with Crippen molar-refractivity contribution >= 4 is 35.8 Å². The summed E-state index contributed by atoms with van der Waals surface area (Å²) in [5.41, 5.74) is -5.97. The van der Waals surface area contributed by atoms with E-state index in [0.717, 1.165) is 0 Å². The molecule has 12 N–H and O–H groups in total. The third-order valence-corrected chi connectivity index (χ3v) is 2.69. The fourth-order valence-electron chi connectivity index (χ4n) is 1.43. The van der Waals surface area contributed by atoms with Gasteiger partial charge in [-0.15, -0.1) is 0 Å². The summed E-state index contributed by atoms with van der Waals surface area (Å²) >= 11 is 0. The first kappa shape index (κ1) is 43.2. The SMILES string of the molecule is O.O=C([O-])CC(O)(CC(=O)O[O-])C(=O)[O-].O=C([O-])CC(O)(CC(=O)O[O-])C(=O)[O-].[NH4+].[NH4+].[Ti+4]. The van der Waals surface area contributed by atoms with Crippen LogP contribution in [0.4, 0.5) is 0 Å². The molecule has 0 heterocycles. The summed E-state index contributed by atoms with van der Waals surface area (Å²) in [6.07, 6.45) is -5.37. The quantitative estimate of drug-likeness (QED) is 0.120. The van der Waals surface area contributed by atoms with Gasteiger partial charge in [0.15, 0.2) is 0 Å². The third kappa shape index (κ3) is 17.0. The van der Waals surface area contributed by atoms with Gasteiger partial charge < -0.3 is 87.9 Å². The monoisotopic (exact) mass is 512 g/mol. The zero-order valence-electron chi connectivity index (χ0n) is 16.4. The number of carbonyl (C=O) groups is 6. The van der Waals surface area contributed by atoms with Crippen molar-refractivity contribution < 1.29 is 107 Å². The van der Waals surface area contributed by atoms with E-state index >= 15 is 0 Å². The molecule has 20 heteroatoms. The first-order chi connectivity index (χ1) is 12.6. The van der Waals surface area contributed by atoms with Gasteiger partial charge in [0.1, 0.15) is 11.2 Å². The van der Waals surface area contributed by atoms with E-state index in [1.807, 2.05) is 0 Å². The van der Waals surface area contributed by atoms with Gasteiger partial charge >= 0.3 is 33.7 Å². The normalized spacial score (nSPS) is 12.4. The summed E-state index contributed by atoms with van der Waals surface area (Å²) in [6.45, 7) is 0. The van der Waals surface area contributed by atoms with Gasteiger partial charge in [-0.05, 0) is 0 Å². The number of aliphatic carboxylic acids is 4. The summed E-state index contributed by atoms with van der Waals surface area (Å²) in [5, 5.41) is 77.5. The maximum absolute atomic E-state index is 10.3. The van der Waals surface area contributed by atoms with Crippen molar-refractivity contribution in [3.05, 3.63) is 0 Å². The molecule has 0 fully saturated rings. The molecule has 0 saturated heterocycles. The van der Waals surface area contributed by atoms with Gasteiger partial charge in [0.2, 0.25) is 0 Å². The fourth-order valence-corrected chi connectivity index (χ4v) is 1.43. The Morgan fingerprint density at radius 2 is 0.844 bits per heavy atom. The molecule has 184 valence electrons. The van der Waals surface area contributed by atoms with E-state index in [2.05, 4.69) is 9.78 Å². The summed E-state index contributed by atoms with van der Waals surface area (Å²) in [6, 6.07) is 0. The number of carboxylic acid groups (broad SMARTS) is 4. The van der Waals surface area contributed by atoms with Crippen LogP contribution in [-0.2, 0) is 60.3 Å². The molecule has 0 saturated carbocycles. The standard InChI is InChI=1S/2C6H8O8.2H3N.H2O.Ti/c2*7-3(8)1-6(12,5(10)11)2-4(9)14-13;;;;/h2*12-13H,1-2H2,(H,7,8)(H,10,11);2*1H3;1H2;/q;;;;;+4/p-4. The molecule has 0 aliphatic carbocycles. The summed E-state index contributed by atoms with van der Waals surface area (Å²) < 4.78 is 0. The van der Waals surface area contributed by atoms with Gasteiger partial charge in [-0.1, -0.05) is 0 Å². The molecular formula is C12H20N2O17Ti. The van der Waals surface area contributed by atoms with Crippen LogP contribution in [0.5, 0.6) is 0 Å². The van der Waals surface area contributed by atoms with E-state index in [-0.39, 0.29) is 39.5 Å². The van der Waals surface area contributed by atoms with Crippen molar-refractivity contribution in [2.24, 2.45) is 0 Å². The molecular weight excluding hydrogens is 492 g/mol. The number of hydrogen-bond donors (Lipinski definition) is 4. The molecule has 32 heavy (non-hydrogen) atoms. The molecule has 0 bridgehead atoms. The van der Waals surface area contributed by atoms with Crippen molar-refractivity contribution in [1.82, 2.24) is 12.3 Å². The van der Waals surface area contributed by atoms with E-state index in [1.165, 1.54) is 0 Å². The van der Waals surface area contributed by atoms with Crippen LogP contribution in [0, 0.1) is 0 Å². The van der Waals surface area contributed by atoms with Gasteiger partial charge in [0.05, 0.1) is 24.8 Å². The molecule has 0 aromatic carbocycles. The second-order valence-corrected chi connectivity index (χ2v) is 5.00. The molecule has 2 unspecified atom stereocenters. The van der Waals surface area contributed by atoms with Gasteiger partial charge in [-0.2, -0.15) is 0 Å². The molecule has 0 amide bonds. The summed E-state index contributed by atoms with van der Waals surface area (Å²) in [5.74, 6) is -11.4. The second kappa shape index (κ2) is 19.0. The second-order valence-electron chi connectivity index (χ2n) is 5.00. The van der Waals surface area contributed by atoms with E-state index in [9.17, 15) is 59.7 Å². The van der Waals surface area contributed by atoms with Crippen molar-refractivity contribution in [3.8, 4) is 0 Å². The Morgan fingerprint density at radius 3 is 0.969 bits per heavy atom. The Hall–Kier alpha value is -2.75. The third-order valence-electron chi connectivity index (χ3n) is 2.69. The maximum atomic E-state index is 10.3. The Bertz CT molecular complexity index is 589. The van der Waals surface area contributed by atoms with Crippen LogP contribution < -0.4 is 43.2 Å². The van der Waals surface area contributed by atoms with E-state index in [0.29, 0.717) is 0 Å². The minimum atomic E-state index is -2.99. The van der Waals surface area contributed by atoms with Gasteiger partial charge in [-0.3, -0.25) is 9.59 Å². The van der Waals surface area contributed by atoms with Crippen LogP contribution >= 0.6 is 0 Å². The van der Waals surface area contributed by atoms with Gasteiger partial charge in [0, 0.05) is 24.8 Å². The van der Waals surface area contributed by atoms with E-state index in [4.69, 9.17) is 10.2 Å². The van der Waals surface area contributed by atoms with E-state index in [1.54, 1.807) is 0 Å². The first-order valence-electron chi connectivity index (χ1n) is 6.56. The van der Waals surface area contributed by atoms with Crippen molar-refractivity contribution in [3.63, 3.8) is 0 Å². The predicted octanol–water partition coefficient (Wildman–Crippen LogP) is -10.4. The number of rotatable bonds is 10. The molecule has 0 aromatic heterocycles. The van der Waals surface area contributed by atoms with Crippen molar-refractivity contribution in [2.75, 3.05) is 0 Å². The fraction of sp³-hybridized carbons (Fsp3) is 0.500. The van der Waals surface area contributed by atoms with Crippen LogP contribution in [-0.4, -0.2) is 62.7 Å². The number of aliphatic hydroxyl groups is 2. The molecule has 0 spiro atoms. The molecule has 0 aliphatic rings. The van der Waals surface area contributed by atoms with Crippen molar-refractivity contribution in [2.45, 2.75) is 36.9 Å². The maximum Gasteiger partial charge on any atom is 4.00 e. The van der Waals surface area contributed by atoms with Crippen LogP contribution in [0.25, 0.3) is 0 Å². The minimum absolute atomic E-state index is 0. The average Bonchev–Trinajstić information content (AvgIpc) is 2.53. The topological polar surface area (TPSA) is 404 Å². The van der Waals surface area contributed by atoms with Crippen molar-refractivity contribution in [1.29, 1.82) is 0 Å². The number of carboxylic acids is 4. The van der Waals surface area contributed by atoms with Gasteiger partial charge in [-0.25, -0.2) is 0 Å². The zero-order valence-corrected chi connectivity index (χ0v) is 18.0. The molecule has 0 aliphatic heterocycles. The Labute approximate surface area is 192 Å². The van der Waals surface area contributed by atoms with Crippen LogP contribution in [0.1, 0.15) is 25.7 Å². The van der Waals surface area contributed by atoms with E-state index < -0.39 is 72.7 Å². The van der Waals surface area contributed by atoms with Crippen LogP contribution in [0.15, 0.2) is 0 Å². The Balaban J connectivity index is -0.0000000939. The first-order valence-corrected chi connectivity index (χ1v) is 6.56. The number of hydrogen-bond acceptors (Lipinski definition) is 16. The zero-order chi connectivity index (χ0) is 22.7. The molecule has 2 atom stereocenters. The Kier molecular flexibility index (Phi) is 25.6. The van der Waals surface area contributed by atoms with Crippen LogP contribution in [0.3, 0.4) is 0 Å². The Morgan fingerprint density at radius 1 is 0.625 bits per heavy atom. The summed E-state index contributed by atoms with van der Waals surface area (Å²) in [4.78, 5) is 66.8. The van der Waals surface area contributed by atoms with Crippen LogP contribution in [0.2, 0.25) is 0 Å². The predicted molar refractivity (Wildman–Crippen MR) is 76.2 cm³/mol. The molecule has 0 radical (unpaired) electrons. The number of quaternary nitrogens is 2. The molecule has 0 rings (SSSR count). The van der Waals surface area contributed by atoms with Gasteiger partial charge in [0.25, 0.3) is 0 Å². The largest absolute Gasteiger partial charge is 4.00 e. The average molecular weight is 512 g/mol. The molecule has 0 aromatic rings.